The average molecular weight is 207 g/mol. The molecule has 1 rings (SSSR count). The predicted molar refractivity (Wildman–Crippen MR) is 47.1 cm³/mol. The maximum atomic E-state index is 11.4. The lowest BCUT2D eigenvalue weighted by atomic mass is 10.3. The van der Waals surface area contributed by atoms with Crippen LogP contribution in [-0.4, -0.2) is 45.6 Å². The van der Waals surface area contributed by atoms with Crippen LogP contribution in [-0.2, 0) is 19.4 Å². The summed E-state index contributed by atoms with van der Waals surface area (Å²) in [4.78, 5) is 10.7. The van der Waals surface area contributed by atoms with Gasteiger partial charge in [0.25, 0.3) is 0 Å². The summed E-state index contributed by atoms with van der Waals surface area (Å²) in [5.74, 6) is -0.581. The Hall–Kier alpha value is -0.620. The molecule has 13 heavy (non-hydrogen) atoms. The van der Waals surface area contributed by atoms with Gasteiger partial charge < -0.3 is 10.1 Å². The van der Waals surface area contributed by atoms with E-state index in [0.717, 1.165) is 0 Å². The highest BCUT2D eigenvalue weighted by Gasteiger charge is 2.31. The Kier molecular flexibility index (Phi) is 3.27. The van der Waals surface area contributed by atoms with Gasteiger partial charge in [-0.2, -0.15) is 0 Å². The van der Waals surface area contributed by atoms with E-state index in [-0.39, 0.29) is 17.4 Å². The molecule has 0 aromatic carbocycles. The van der Waals surface area contributed by atoms with Crippen molar-refractivity contribution in [2.45, 2.75) is 11.7 Å². The molecule has 0 unspecified atom stereocenters. The molecule has 1 aliphatic rings. The fraction of sp³-hybridized carbons (Fsp3) is 0.857. The minimum absolute atomic E-state index is 0.0463. The smallest absolute Gasteiger partial charge is 0.306 e. The molecule has 1 heterocycles. The summed E-state index contributed by atoms with van der Waals surface area (Å²) in [6.07, 6.45) is -0.0463. The minimum Gasteiger partial charge on any atom is -0.469 e. The average Bonchev–Trinajstić information content (AvgIpc) is 1.96. The van der Waals surface area contributed by atoms with Gasteiger partial charge >= 0.3 is 5.97 Å². The number of rotatable bonds is 4. The first-order valence-electron chi connectivity index (χ1n) is 4.05. The first kappa shape index (κ1) is 10.5. The van der Waals surface area contributed by atoms with Crippen LogP contribution in [0.15, 0.2) is 0 Å². The van der Waals surface area contributed by atoms with E-state index >= 15 is 0 Å². The van der Waals surface area contributed by atoms with Crippen molar-refractivity contribution in [3.63, 3.8) is 0 Å². The molecule has 5 nitrogen and oxygen atoms in total. The fourth-order valence-electron chi connectivity index (χ4n) is 1.01. The van der Waals surface area contributed by atoms with Gasteiger partial charge in [-0.3, -0.25) is 4.79 Å². The molecule has 6 heteroatoms. The van der Waals surface area contributed by atoms with Crippen LogP contribution in [0.4, 0.5) is 0 Å². The van der Waals surface area contributed by atoms with Crippen LogP contribution < -0.4 is 5.32 Å². The van der Waals surface area contributed by atoms with Gasteiger partial charge in [0.05, 0.1) is 24.5 Å². The summed E-state index contributed by atoms with van der Waals surface area (Å²) < 4.78 is 27.1. The van der Waals surface area contributed by atoms with Gasteiger partial charge in [0.2, 0.25) is 0 Å². The molecule has 1 aliphatic heterocycles. The van der Waals surface area contributed by atoms with Gasteiger partial charge in [-0.25, -0.2) is 8.42 Å². The van der Waals surface area contributed by atoms with E-state index in [1.165, 1.54) is 7.11 Å². The lowest BCUT2D eigenvalue weighted by Gasteiger charge is -2.26. The number of hydrogen-bond donors (Lipinski definition) is 1. The van der Waals surface area contributed by atoms with E-state index < -0.39 is 15.8 Å². The number of sulfone groups is 1. The molecule has 1 fully saturated rings. The van der Waals surface area contributed by atoms with Crippen molar-refractivity contribution in [2.24, 2.45) is 0 Å². The Labute approximate surface area is 77.4 Å². The van der Waals surface area contributed by atoms with E-state index in [9.17, 15) is 13.2 Å². The van der Waals surface area contributed by atoms with Gasteiger partial charge in [0.1, 0.15) is 0 Å². The van der Waals surface area contributed by atoms with Crippen molar-refractivity contribution in [1.29, 1.82) is 0 Å². The topological polar surface area (TPSA) is 72.5 Å². The molecule has 76 valence electrons. The Bertz CT molecular complexity index is 281. The zero-order valence-corrected chi connectivity index (χ0v) is 8.26. The van der Waals surface area contributed by atoms with Crippen LogP contribution in [0.25, 0.3) is 0 Å². The molecule has 0 aliphatic carbocycles. The molecule has 0 aromatic rings. The lowest BCUT2D eigenvalue weighted by molar-refractivity contribution is -0.140. The second-order valence-corrected chi connectivity index (χ2v) is 5.37. The Balaban J connectivity index is 2.38. The monoisotopic (exact) mass is 207 g/mol. The summed E-state index contributed by atoms with van der Waals surface area (Å²) in [6, 6.07) is 0. The summed E-state index contributed by atoms with van der Waals surface area (Å²) in [6.45, 7) is 1.01. The molecule has 0 saturated carbocycles. The molecule has 0 spiro atoms. The van der Waals surface area contributed by atoms with Crippen LogP contribution in [0.5, 0.6) is 0 Å². The number of ether oxygens (including phenoxy) is 1. The van der Waals surface area contributed by atoms with Gasteiger partial charge in [-0.15, -0.1) is 0 Å². The molecule has 1 saturated heterocycles. The van der Waals surface area contributed by atoms with Crippen LogP contribution in [0.1, 0.15) is 6.42 Å². The van der Waals surface area contributed by atoms with Gasteiger partial charge in [0.15, 0.2) is 9.84 Å². The number of carbonyl (C=O) groups excluding carboxylic acids is 1. The summed E-state index contributed by atoms with van der Waals surface area (Å²) in [5.41, 5.74) is 0. The van der Waals surface area contributed by atoms with Crippen LogP contribution in [0, 0.1) is 0 Å². The first-order valence-corrected chi connectivity index (χ1v) is 5.77. The molecule has 0 amide bonds. The van der Waals surface area contributed by atoms with Crippen molar-refractivity contribution in [1.82, 2.24) is 5.32 Å². The second kappa shape index (κ2) is 4.06. The zero-order chi connectivity index (χ0) is 9.90. The number of esters is 1. The van der Waals surface area contributed by atoms with Crippen LogP contribution in [0.2, 0.25) is 0 Å². The number of hydrogen-bond acceptors (Lipinski definition) is 5. The second-order valence-electron chi connectivity index (χ2n) is 2.97. The van der Waals surface area contributed by atoms with Gasteiger partial charge in [0, 0.05) is 13.1 Å². The molecule has 0 radical (unpaired) electrons. The standard InChI is InChI=1S/C7H13NO4S/c1-12-7(9)2-3-13(10,11)6-4-8-5-6/h6,8H,2-5H2,1H3. The van der Waals surface area contributed by atoms with Gasteiger partial charge in [-0.05, 0) is 0 Å². The van der Waals surface area contributed by atoms with Crippen molar-refractivity contribution in [2.75, 3.05) is 26.0 Å². The molecule has 0 atom stereocenters. The molecular formula is C7H13NO4S. The first-order chi connectivity index (χ1) is 6.06. The van der Waals surface area contributed by atoms with E-state index in [2.05, 4.69) is 10.1 Å². The lowest BCUT2D eigenvalue weighted by Crippen LogP contribution is -2.52. The molecule has 0 aromatic heterocycles. The number of carbonyl (C=O) groups is 1. The third-order valence-corrected chi connectivity index (χ3v) is 4.19. The maximum absolute atomic E-state index is 11.4. The minimum atomic E-state index is -3.09. The quantitative estimate of drug-likeness (QED) is 0.595. The molecule has 0 bridgehead atoms. The summed E-state index contributed by atoms with van der Waals surface area (Å²) in [5, 5.41) is 2.57. The predicted octanol–water partition coefficient (Wildman–Crippen LogP) is -1.06. The fourth-order valence-corrected chi connectivity index (χ4v) is 2.54. The third kappa shape index (κ3) is 2.67. The van der Waals surface area contributed by atoms with Gasteiger partial charge in [-0.1, -0.05) is 0 Å². The van der Waals surface area contributed by atoms with E-state index in [1.54, 1.807) is 0 Å². The SMILES string of the molecule is COC(=O)CCS(=O)(=O)C1CNC1. The van der Waals surface area contributed by atoms with E-state index in [0.29, 0.717) is 13.1 Å². The van der Waals surface area contributed by atoms with E-state index in [4.69, 9.17) is 0 Å². The van der Waals surface area contributed by atoms with Crippen molar-refractivity contribution in [3.05, 3.63) is 0 Å². The maximum Gasteiger partial charge on any atom is 0.306 e. The molecular weight excluding hydrogens is 194 g/mol. The number of methoxy groups -OCH3 is 1. The summed E-state index contributed by atoms with van der Waals surface area (Å²) >= 11 is 0. The van der Waals surface area contributed by atoms with Crippen molar-refractivity contribution >= 4 is 15.8 Å². The summed E-state index contributed by atoms with van der Waals surface area (Å²) in [7, 11) is -1.84. The normalized spacial score (nSPS) is 17.9. The van der Waals surface area contributed by atoms with E-state index in [1.807, 2.05) is 0 Å². The Morgan fingerprint density at radius 1 is 1.54 bits per heavy atom. The third-order valence-electron chi connectivity index (χ3n) is 2.07. The zero-order valence-electron chi connectivity index (χ0n) is 7.45. The highest BCUT2D eigenvalue weighted by molar-refractivity contribution is 7.92. The van der Waals surface area contributed by atoms with Crippen molar-refractivity contribution < 1.29 is 17.9 Å². The number of nitrogens with one attached hydrogen (secondary N) is 1. The highest BCUT2D eigenvalue weighted by Crippen LogP contribution is 2.08. The van der Waals surface area contributed by atoms with Crippen LogP contribution in [0.3, 0.4) is 0 Å². The van der Waals surface area contributed by atoms with Crippen molar-refractivity contribution in [3.8, 4) is 0 Å². The largest absolute Gasteiger partial charge is 0.469 e. The highest BCUT2D eigenvalue weighted by atomic mass is 32.2. The van der Waals surface area contributed by atoms with Crippen LogP contribution >= 0.6 is 0 Å². The molecule has 1 N–H and O–H groups in total. The Morgan fingerprint density at radius 2 is 2.15 bits per heavy atom. The Morgan fingerprint density at radius 3 is 2.54 bits per heavy atom.